The average Bonchev–Trinajstić information content (AvgIpc) is 3.11. The van der Waals surface area contributed by atoms with Gasteiger partial charge in [0.15, 0.2) is 0 Å². The lowest BCUT2D eigenvalue weighted by molar-refractivity contribution is -0.132. The molecule has 17 nitrogen and oxygen atoms in total. The molecule has 0 spiro atoms. The van der Waals surface area contributed by atoms with Gasteiger partial charge in [-0.2, -0.15) is 8.42 Å². The molecule has 56 heavy (non-hydrogen) atoms. The fraction of sp³-hybridized carbons (Fsp3) is 0.447. The molecule has 1 unspecified atom stereocenters. The number of hydrogen-bond donors (Lipinski definition) is 7. The van der Waals surface area contributed by atoms with Gasteiger partial charge in [0.2, 0.25) is 5.91 Å². The topological polar surface area (TPSA) is 246 Å². The molecule has 3 aromatic rings. The maximum Gasteiger partial charge on any atom is 0.407 e. The first-order valence-electron chi connectivity index (χ1n) is 17.5. The highest BCUT2D eigenvalue weighted by atomic mass is 32.3. The van der Waals surface area contributed by atoms with Crippen LogP contribution in [0.2, 0.25) is 0 Å². The van der Waals surface area contributed by atoms with Crippen molar-refractivity contribution >= 4 is 34.4 Å². The number of hydrogen-bond acceptors (Lipinski definition) is 11. The van der Waals surface area contributed by atoms with Crippen LogP contribution in [0.1, 0.15) is 52.7 Å². The van der Waals surface area contributed by atoms with Crippen LogP contribution in [-0.4, -0.2) is 102 Å². The van der Waals surface area contributed by atoms with E-state index in [2.05, 4.69) is 26.4 Å². The molecule has 2 aromatic carbocycles. The van der Waals surface area contributed by atoms with Crippen LogP contribution in [0.4, 0.5) is 9.59 Å². The number of carbonyl (C=O) groups excluding carboxylic acids is 4. The number of aromatic nitrogens is 1. The Bertz CT molecular complexity index is 1810. The van der Waals surface area contributed by atoms with E-state index in [4.69, 9.17) is 27.0 Å². The van der Waals surface area contributed by atoms with Gasteiger partial charge in [0.05, 0.1) is 32.1 Å². The fourth-order valence-corrected chi connectivity index (χ4v) is 5.38. The van der Waals surface area contributed by atoms with Crippen LogP contribution < -0.4 is 21.4 Å². The zero-order chi connectivity index (χ0) is 42.3. The van der Waals surface area contributed by atoms with Crippen molar-refractivity contribution in [2.75, 3.05) is 20.8 Å². The van der Waals surface area contributed by atoms with Crippen molar-refractivity contribution in [3.05, 3.63) is 90.1 Å². The van der Waals surface area contributed by atoms with Crippen molar-refractivity contribution in [1.82, 2.24) is 31.4 Å². The number of aliphatic hydroxyl groups is 1. The minimum absolute atomic E-state index is 0.120. The number of rotatable bonds is 14. The number of alkyl carbamates (subject to hydrolysis) is 2. The summed E-state index contributed by atoms with van der Waals surface area (Å²) in [4.78, 5) is 56.3. The largest absolute Gasteiger partial charge is 0.453 e. The Kier molecular flexibility index (Phi) is 17.8. The minimum atomic E-state index is -4.67. The molecule has 1 heterocycles. The van der Waals surface area contributed by atoms with Crippen LogP contribution in [0.15, 0.2) is 79.0 Å². The molecule has 0 aliphatic rings. The van der Waals surface area contributed by atoms with Crippen molar-refractivity contribution in [1.29, 1.82) is 0 Å². The molecule has 0 saturated carbocycles. The van der Waals surface area contributed by atoms with Gasteiger partial charge in [-0.1, -0.05) is 102 Å². The fourth-order valence-electron chi connectivity index (χ4n) is 5.38. The van der Waals surface area contributed by atoms with E-state index in [1.165, 1.54) is 14.2 Å². The van der Waals surface area contributed by atoms with Gasteiger partial charge in [-0.05, 0) is 40.5 Å². The van der Waals surface area contributed by atoms with Crippen LogP contribution >= 0.6 is 0 Å². The Labute approximate surface area is 328 Å². The van der Waals surface area contributed by atoms with E-state index in [-0.39, 0.29) is 19.5 Å². The summed E-state index contributed by atoms with van der Waals surface area (Å²) in [6, 6.07) is 19.8. The van der Waals surface area contributed by atoms with Crippen LogP contribution in [-0.2, 0) is 42.4 Å². The third-order valence-corrected chi connectivity index (χ3v) is 8.21. The quantitative estimate of drug-likeness (QED) is 0.0912. The number of hydrazine groups is 1. The van der Waals surface area contributed by atoms with Crippen LogP contribution in [0.5, 0.6) is 0 Å². The Hall–Kier alpha value is -5.14. The Morgan fingerprint density at radius 3 is 1.70 bits per heavy atom. The van der Waals surface area contributed by atoms with E-state index in [1.807, 2.05) is 93.6 Å². The summed E-state index contributed by atoms with van der Waals surface area (Å²) >= 11 is 0. The van der Waals surface area contributed by atoms with Crippen molar-refractivity contribution in [2.24, 2.45) is 10.8 Å². The summed E-state index contributed by atoms with van der Waals surface area (Å²) in [6.45, 7) is 10.9. The number of nitrogens with zero attached hydrogens (tertiary/aromatic N) is 2. The average molecular weight is 803 g/mol. The Morgan fingerprint density at radius 2 is 1.23 bits per heavy atom. The first-order chi connectivity index (χ1) is 26.0. The molecule has 308 valence electrons. The van der Waals surface area contributed by atoms with Gasteiger partial charge in [0, 0.05) is 24.8 Å². The van der Waals surface area contributed by atoms with Crippen molar-refractivity contribution in [3.63, 3.8) is 0 Å². The van der Waals surface area contributed by atoms with Gasteiger partial charge in [-0.3, -0.25) is 29.1 Å². The molecule has 4 amide bonds. The molecular formula is C38H54N6O11S. The molecule has 3 rings (SSSR count). The van der Waals surface area contributed by atoms with Gasteiger partial charge < -0.3 is 30.5 Å². The summed E-state index contributed by atoms with van der Waals surface area (Å²) in [7, 11) is -2.23. The highest BCUT2D eigenvalue weighted by Crippen LogP contribution is 2.23. The van der Waals surface area contributed by atoms with Gasteiger partial charge in [0.25, 0.3) is 5.91 Å². The molecule has 0 aliphatic carbocycles. The maximum atomic E-state index is 13.8. The standard InChI is InChI=1S/C38H52N6O7.H2O4S/c1-37(2,3)31(41-35(48)50-7)33(46)40-29(22-25-14-10-9-11-15-25)30(45)24-44(43-34(47)32(38(4,5)6)42-36(49)51-8)23-26-17-19-27(20-18-26)28-16-12-13-21-39-28;1-5(2,3)4/h9-21,29-32,45H,22-24H2,1-8H3,(H,40,46)(H,41,48)(H,42,49)(H,43,47);(H2,1,2,3,4)/t29?,30-,31+,32+;/m1./s1. The molecule has 7 N–H and O–H groups in total. The molecule has 0 fully saturated rings. The number of nitrogens with one attached hydrogen (secondary N) is 4. The number of methoxy groups -OCH3 is 2. The predicted octanol–water partition coefficient (Wildman–Crippen LogP) is 3.56. The second-order valence-electron chi connectivity index (χ2n) is 15.0. The first-order valence-corrected chi connectivity index (χ1v) is 18.9. The summed E-state index contributed by atoms with van der Waals surface area (Å²) in [5.74, 6) is -1.03. The predicted molar refractivity (Wildman–Crippen MR) is 208 cm³/mol. The Morgan fingerprint density at radius 1 is 0.732 bits per heavy atom. The molecule has 1 aromatic heterocycles. The summed E-state index contributed by atoms with van der Waals surface area (Å²) in [6.07, 6.45) is -0.778. The highest BCUT2D eigenvalue weighted by molar-refractivity contribution is 7.79. The lowest BCUT2D eigenvalue weighted by Crippen LogP contribution is -2.60. The number of ether oxygens (including phenoxy) is 2. The second kappa shape index (κ2) is 21.2. The van der Waals surface area contributed by atoms with Crippen LogP contribution in [0.3, 0.4) is 0 Å². The lowest BCUT2D eigenvalue weighted by atomic mass is 9.85. The van der Waals surface area contributed by atoms with Crippen LogP contribution in [0.25, 0.3) is 11.3 Å². The van der Waals surface area contributed by atoms with E-state index in [0.29, 0.717) is 0 Å². The number of benzene rings is 2. The highest BCUT2D eigenvalue weighted by Gasteiger charge is 2.37. The first kappa shape index (κ1) is 47.0. The number of carbonyl (C=O) groups is 4. The van der Waals surface area contributed by atoms with Gasteiger partial charge >= 0.3 is 22.6 Å². The molecule has 4 atom stereocenters. The van der Waals surface area contributed by atoms with Gasteiger partial charge in [-0.15, -0.1) is 0 Å². The summed E-state index contributed by atoms with van der Waals surface area (Å²) in [5, 5.41) is 21.6. The minimum Gasteiger partial charge on any atom is -0.453 e. The second-order valence-corrected chi connectivity index (χ2v) is 15.9. The summed E-state index contributed by atoms with van der Waals surface area (Å²) < 4.78 is 41.1. The molecule has 18 heteroatoms. The van der Waals surface area contributed by atoms with E-state index < -0.39 is 69.5 Å². The number of amides is 4. The molecule has 0 radical (unpaired) electrons. The zero-order valence-corrected chi connectivity index (χ0v) is 33.7. The van der Waals surface area contributed by atoms with E-state index in [0.717, 1.165) is 22.4 Å². The molecular weight excluding hydrogens is 749 g/mol. The monoisotopic (exact) mass is 802 g/mol. The van der Waals surface area contributed by atoms with Crippen LogP contribution in [0, 0.1) is 10.8 Å². The number of aliphatic hydroxyl groups excluding tert-OH is 1. The van der Waals surface area contributed by atoms with Gasteiger partial charge in [-0.25, -0.2) is 14.6 Å². The number of pyridine rings is 1. The SMILES string of the molecule is COC(=O)N[C@@H](C(=O)NC(Cc1ccccc1)[C@H](O)CN(Cc1ccc(-c2ccccn2)cc1)NC(=O)[C@H](NC(=O)OC)C(C)(C)C)C(C)(C)C.O=S(=O)(O)O. The van der Waals surface area contributed by atoms with E-state index in [1.54, 1.807) is 32.0 Å². The van der Waals surface area contributed by atoms with Crippen molar-refractivity contribution < 1.29 is 51.3 Å². The lowest BCUT2D eigenvalue weighted by Gasteiger charge is -2.35. The normalized spacial score (nSPS) is 13.8. The Balaban J connectivity index is 0.00000203. The summed E-state index contributed by atoms with van der Waals surface area (Å²) in [5.41, 5.74) is 4.88. The smallest absolute Gasteiger partial charge is 0.407 e. The van der Waals surface area contributed by atoms with Crippen molar-refractivity contribution in [2.45, 2.75) is 78.7 Å². The zero-order valence-electron chi connectivity index (χ0n) is 32.8. The van der Waals surface area contributed by atoms with E-state index in [9.17, 15) is 24.3 Å². The molecule has 0 saturated heterocycles. The van der Waals surface area contributed by atoms with Crippen molar-refractivity contribution in [3.8, 4) is 11.3 Å². The van der Waals surface area contributed by atoms with E-state index >= 15 is 0 Å². The third kappa shape index (κ3) is 17.1. The maximum absolute atomic E-state index is 13.8. The third-order valence-electron chi connectivity index (χ3n) is 8.21. The molecule has 0 aliphatic heterocycles. The molecule has 0 bridgehead atoms. The van der Waals surface area contributed by atoms with Gasteiger partial charge in [0.1, 0.15) is 12.1 Å².